The Bertz CT molecular complexity index is 1210. The molecule has 8 nitrogen and oxygen atoms in total. The van der Waals surface area contributed by atoms with Crippen LogP contribution in [0.3, 0.4) is 0 Å². The van der Waals surface area contributed by atoms with E-state index >= 15 is 0 Å². The predicted octanol–water partition coefficient (Wildman–Crippen LogP) is 2.23. The molecule has 2 aromatic heterocycles. The van der Waals surface area contributed by atoms with Gasteiger partial charge >= 0.3 is 5.97 Å². The zero-order valence-electron chi connectivity index (χ0n) is 17.5. The van der Waals surface area contributed by atoms with E-state index in [1.807, 2.05) is 0 Å². The smallest absolute Gasteiger partial charge is 0.354 e. The predicted molar refractivity (Wildman–Crippen MR) is 110 cm³/mol. The number of carboxylic acids is 1. The molecule has 0 saturated carbocycles. The minimum Gasteiger partial charge on any atom is -0.477 e. The van der Waals surface area contributed by atoms with Crippen LogP contribution in [0.1, 0.15) is 45.5 Å². The normalized spacial score (nSPS) is 23.9. The molecule has 32 heavy (non-hydrogen) atoms. The second-order valence-electron chi connectivity index (χ2n) is 8.44. The number of carboxylic acid groups (broad SMARTS) is 1. The van der Waals surface area contributed by atoms with Crippen LogP contribution >= 0.6 is 0 Å². The highest BCUT2D eigenvalue weighted by Crippen LogP contribution is 2.33. The van der Waals surface area contributed by atoms with Gasteiger partial charge in [-0.15, -0.1) is 0 Å². The van der Waals surface area contributed by atoms with Gasteiger partial charge in [0.2, 0.25) is 0 Å². The summed E-state index contributed by atoms with van der Waals surface area (Å²) in [5.41, 5.74) is 9.44. The molecule has 0 amide bonds. The zero-order valence-corrected chi connectivity index (χ0v) is 17.5. The van der Waals surface area contributed by atoms with Crippen molar-refractivity contribution >= 4 is 11.6 Å². The number of ether oxygens (including phenoxy) is 1. The summed E-state index contributed by atoms with van der Waals surface area (Å²) in [4.78, 5) is 18.4. The number of benzene rings is 1. The number of aromatic carboxylic acids is 1. The van der Waals surface area contributed by atoms with Crippen LogP contribution in [0.25, 0.3) is 5.65 Å². The van der Waals surface area contributed by atoms with E-state index in [9.17, 15) is 18.7 Å². The van der Waals surface area contributed by atoms with Crippen LogP contribution in [0.4, 0.5) is 8.78 Å². The summed E-state index contributed by atoms with van der Waals surface area (Å²) in [6.07, 6.45) is 0.494. The summed E-state index contributed by atoms with van der Waals surface area (Å²) < 4.78 is 35.1. The van der Waals surface area contributed by atoms with Crippen LogP contribution in [0.15, 0.2) is 24.3 Å². The van der Waals surface area contributed by atoms with E-state index in [0.29, 0.717) is 43.9 Å². The summed E-state index contributed by atoms with van der Waals surface area (Å²) in [5, 5.41) is 14.0. The third-order valence-corrected chi connectivity index (χ3v) is 6.29. The van der Waals surface area contributed by atoms with E-state index in [4.69, 9.17) is 10.5 Å². The Labute approximate surface area is 182 Å². The molecule has 2 aliphatic rings. The minimum absolute atomic E-state index is 0.00952. The van der Waals surface area contributed by atoms with Crippen molar-refractivity contribution in [1.82, 2.24) is 19.5 Å². The molecular weight excluding hydrogens is 420 g/mol. The lowest BCUT2D eigenvalue weighted by atomic mass is 9.92. The maximum atomic E-state index is 14.2. The van der Waals surface area contributed by atoms with Gasteiger partial charge in [0.05, 0.1) is 12.3 Å². The van der Waals surface area contributed by atoms with Gasteiger partial charge in [0.15, 0.2) is 11.3 Å². The van der Waals surface area contributed by atoms with Crippen LogP contribution in [0.2, 0.25) is 0 Å². The molecule has 3 N–H and O–H groups in total. The molecule has 0 unspecified atom stereocenters. The van der Waals surface area contributed by atoms with Crippen molar-refractivity contribution in [3.05, 3.63) is 64.1 Å². The molecule has 0 radical (unpaired) electrons. The van der Waals surface area contributed by atoms with Crippen molar-refractivity contribution in [3.63, 3.8) is 0 Å². The van der Waals surface area contributed by atoms with Crippen molar-refractivity contribution in [2.75, 3.05) is 13.2 Å². The Morgan fingerprint density at radius 1 is 1.31 bits per heavy atom. The SMILES string of the molecule is Cc1cc(C(=O)O)n2nc3c(c2n1)CN([C@H]1CO[C@H](c2cc(F)ccc2F)[C@@H](N)C1)CC3. The largest absolute Gasteiger partial charge is 0.477 e. The van der Waals surface area contributed by atoms with Gasteiger partial charge in [-0.1, -0.05) is 0 Å². The molecule has 168 valence electrons. The number of fused-ring (bicyclic) bond motifs is 3. The van der Waals surface area contributed by atoms with E-state index in [-0.39, 0.29) is 17.3 Å². The molecule has 1 fully saturated rings. The van der Waals surface area contributed by atoms with Crippen molar-refractivity contribution in [2.45, 2.75) is 44.5 Å². The van der Waals surface area contributed by atoms with Crippen molar-refractivity contribution in [1.29, 1.82) is 0 Å². The van der Waals surface area contributed by atoms with Crippen molar-refractivity contribution < 1.29 is 23.4 Å². The maximum absolute atomic E-state index is 14.2. The zero-order chi connectivity index (χ0) is 22.6. The van der Waals surface area contributed by atoms with Crippen molar-refractivity contribution in [3.8, 4) is 0 Å². The highest BCUT2D eigenvalue weighted by Gasteiger charge is 2.36. The summed E-state index contributed by atoms with van der Waals surface area (Å²) in [7, 11) is 0. The van der Waals surface area contributed by atoms with Gasteiger partial charge in [-0.2, -0.15) is 5.10 Å². The first-order valence-electron chi connectivity index (χ1n) is 10.5. The molecule has 3 atom stereocenters. The second kappa shape index (κ2) is 7.88. The van der Waals surface area contributed by atoms with Gasteiger partial charge in [-0.25, -0.2) is 23.1 Å². The molecule has 0 spiro atoms. The first-order valence-corrected chi connectivity index (χ1v) is 10.5. The van der Waals surface area contributed by atoms with E-state index in [0.717, 1.165) is 29.5 Å². The third-order valence-electron chi connectivity index (χ3n) is 6.29. The van der Waals surface area contributed by atoms with E-state index < -0.39 is 29.7 Å². The average molecular weight is 443 g/mol. The molecule has 2 aliphatic heterocycles. The second-order valence-corrected chi connectivity index (χ2v) is 8.44. The lowest BCUT2D eigenvalue weighted by molar-refractivity contribution is -0.0547. The molecule has 1 saturated heterocycles. The lowest BCUT2D eigenvalue weighted by Gasteiger charge is -2.41. The first-order chi connectivity index (χ1) is 15.3. The van der Waals surface area contributed by atoms with Gasteiger partial charge in [-0.3, -0.25) is 4.90 Å². The van der Waals surface area contributed by atoms with Crippen molar-refractivity contribution in [2.24, 2.45) is 5.73 Å². The number of aromatic nitrogens is 3. The van der Waals surface area contributed by atoms with Gasteiger partial charge < -0.3 is 15.6 Å². The number of rotatable bonds is 3. The fourth-order valence-corrected chi connectivity index (χ4v) is 4.74. The van der Waals surface area contributed by atoms with Gasteiger partial charge in [0, 0.05) is 48.4 Å². The number of halogens is 2. The van der Waals surface area contributed by atoms with Gasteiger partial charge in [0.1, 0.15) is 17.7 Å². The highest BCUT2D eigenvalue weighted by molar-refractivity contribution is 5.86. The molecule has 10 heteroatoms. The van der Waals surface area contributed by atoms with Gasteiger partial charge in [-0.05, 0) is 37.6 Å². The number of aryl methyl sites for hydroxylation is 1. The molecule has 5 rings (SSSR count). The topological polar surface area (TPSA) is 106 Å². The molecular formula is C22H23F2N5O3. The van der Waals surface area contributed by atoms with Crippen LogP contribution in [0, 0.1) is 18.6 Å². The lowest BCUT2D eigenvalue weighted by Crippen LogP contribution is -2.50. The Kier molecular flexibility index (Phi) is 5.15. The molecule has 0 bridgehead atoms. The fraction of sp³-hybridized carbons (Fsp3) is 0.409. The standard InChI is InChI=1S/C22H23F2N5O3/c1-11-6-19(22(30)31)29-21(26-11)15-9-28(5-4-18(15)27-29)13-8-17(25)20(32-10-13)14-7-12(23)2-3-16(14)24/h2-3,6-7,13,17,20H,4-5,8-10,25H2,1H3,(H,30,31)/t13-,17+,20-/m1/s1. The van der Waals surface area contributed by atoms with Crippen LogP contribution in [0.5, 0.6) is 0 Å². The molecule has 4 heterocycles. The fourth-order valence-electron chi connectivity index (χ4n) is 4.74. The number of nitrogens with two attached hydrogens (primary N) is 1. The first kappa shape index (κ1) is 20.9. The number of hydrogen-bond donors (Lipinski definition) is 2. The summed E-state index contributed by atoms with van der Waals surface area (Å²) >= 11 is 0. The summed E-state index contributed by atoms with van der Waals surface area (Å²) in [6, 6.07) is 4.30. The molecule has 0 aliphatic carbocycles. The Hall–Kier alpha value is -2.95. The average Bonchev–Trinajstić information content (AvgIpc) is 3.12. The number of carbonyl (C=O) groups is 1. The number of nitrogens with zero attached hydrogens (tertiary/aromatic N) is 4. The summed E-state index contributed by atoms with van der Waals surface area (Å²) in [5.74, 6) is -2.12. The van der Waals surface area contributed by atoms with Crippen LogP contribution < -0.4 is 5.73 Å². The molecule has 3 aromatic rings. The minimum atomic E-state index is -1.06. The Morgan fingerprint density at radius 3 is 2.88 bits per heavy atom. The summed E-state index contributed by atoms with van der Waals surface area (Å²) in [6.45, 7) is 3.33. The van der Waals surface area contributed by atoms with Crippen LogP contribution in [-0.4, -0.2) is 55.8 Å². The Morgan fingerprint density at radius 2 is 2.12 bits per heavy atom. The molecule has 1 aromatic carbocycles. The number of hydrogen-bond acceptors (Lipinski definition) is 6. The quantitative estimate of drug-likeness (QED) is 0.639. The maximum Gasteiger partial charge on any atom is 0.354 e. The highest BCUT2D eigenvalue weighted by atomic mass is 19.1. The van der Waals surface area contributed by atoms with Gasteiger partial charge in [0.25, 0.3) is 0 Å². The monoisotopic (exact) mass is 443 g/mol. The van der Waals surface area contributed by atoms with E-state index in [1.165, 1.54) is 10.6 Å². The Balaban J connectivity index is 1.38. The van der Waals surface area contributed by atoms with E-state index in [2.05, 4.69) is 15.0 Å². The third kappa shape index (κ3) is 3.54. The van der Waals surface area contributed by atoms with E-state index in [1.54, 1.807) is 6.92 Å². The van der Waals surface area contributed by atoms with Crippen LogP contribution in [-0.2, 0) is 17.7 Å².